The number of anilines is 1. The van der Waals surface area contributed by atoms with E-state index < -0.39 is 0 Å². The molecule has 6 heteroatoms. The molecule has 0 bridgehead atoms. The van der Waals surface area contributed by atoms with Crippen LogP contribution in [0.1, 0.15) is 41.6 Å². The number of rotatable bonds is 6. The van der Waals surface area contributed by atoms with Crippen LogP contribution in [0.25, 0.3) is 0 Å². The number of piperidine rings is 1. The number of aromatic nitrogens is 2. The van der Waals surface area contributed by atoms with E-state index in [1.807, 2.05) is 24.4 Å². The van der Waals surface area contributed by atoms with Gasteiger partial charge in [-0.25, -0.2) is 4.98 Å². The van der Waals surface area contributed by atoms with E-state index in [0.29, 0.717) is 18.2 Å². The van der Waals surface area contributed by atoms with Crippen LogP contribution >= 0.6 is 0 Å². The maximum atomic E-state index is 12.3. The van der Waals surface area contributed by atoms with Crippen LogP contribution in [0, 0.1) is 0 Å². The lowest BCUT2D eigenvalue weighted by Crippen LogP contribution is -2.40. The summed E-state index contributed by atoms with van der Waals surface area (Å²) in [6.45, 7) is 2.30. The Morgan fingerprint density at radius 3 is 3.00 bits per heavy atom. The zero-order chi connectivity index (χ0) is 17.8. The Bertz CT molecular complexity index is 748. The smallest absolute Gasteiger partial charge is 0.251 e. The second-order valence-corrected chi connectivity index (χ2v) is 7.03. The number of ether oxygens (including phenoxy) is 1. The molecule has 2 aliphatic rings. The molecule has 26 heavy (non-hydrogen) atoms. The zero-order valence-corrected chi connectivity index (χ0v) is 14.8. The van der Waals surface area contributed by atoms with Crippen LogP contribution in [-0.2, 0) is 11.3 Å². The van der Waals surface area contributed by atoms with E-state index in [-0.39, 0.29) is 12.0 Å². The van der Waals surface area contributed by atoms with Crippen molar-refractivity contribution in [3.05, 3.63) is 54.0 Å². The number of hydrogen-bond acceptors (Lipinski definition) is 5. The third kappa shape index (κ3) is 4.38. The van der Waals surface area contributed by atoms with Crippen molar-refractivity contribution in [2.24, 2.45) is 0 Å². The Kier molecular flexibility index (Phi) is 5.11. The van der Waals surface area contributed by atoms with Gasteiger partial charge in [-0.1, -0.05) is 6.07 Å². The van der Waals surface area contributed by atoms with Gasteiger partial charge in [-0.05, 0) is 49.4 Å². The van der Waals surface area contributed by atoms with Gasteiger partial charge in [0, 0.05) is 43.3 Å². The average molecular weight is 352 g/mol. The maximum Gasteiger partial charge on any atom is 0.251 e. The fraction of sp³-hybridized carbons (Fsp3) is 0.450. The highest BCUT2D eigenvalue weighted by Crippen LogP contribution is 2.22. The molecule has 1 unspecified atom stereocenters. The topological polar surface area (TPSA) is 67.4 Å². The van der Waals surface area contributed by atoms with Crippen molar-refractivity contribution >= 4 is 11.7 Å². The molecule has 1 N–H and O–H groups in total. The van der Waals surface area contributed by atoms with Crippen LogP contribution in [0.15, 0.2) is 42.9 Å². The molecule has 0 radical (unpaired) electrons. The van der Waals surface area contributed by atoms with Crippen molar-refractivity contribution < 1.29 is 9.53 Å². The van der Waals surface area contributed by atoms with Gasteiger partial charge in [0.05, 0.1) is 12.7 Å². The van der Waals surface area contributed by atoms with E-state index in [4.69, 9.17) is 4.74 Å². The van der Waals surface area contributed by atoms with Crippen LogP contribution < -0.4 is 10.2 Å². The van der Waals surface area contributed by atoms with Gasteiger partial charge in [0.15, 0.2) is 0 Å². The molecular formula is C20H24N4O2. The monoisotopic (exact) mass is 352 g/mol. The molecule has 2 aromatic rings. The Morgan fingerprint density at radius 2 is 2.19 bits per heavy atom. The summed E-state index contributed by atoms with van der Waals surface area (Å²) in [5.74, 6) is 0.848. The Balaban J connectivity index is 1.37. The van der Waals surface area contributed by atoms with Crippen molar-refractivity contribution in [1.82, 2.24) is 15.3 Å². The first-order valence-electron chi connectivity index (χ1n) is 9.30. The molecule has 1 saturated heterocycles. The summed E-state index contributed by atoms with van der Waals surface area (Å²) in [6.07, 6.45) is 9.76. The minimum atomic E-state index is -0.00228. The Labute approximate surface area is 153 Å². The number of carbonyl (C=O) groups is 1. The van der Waals surface area contributed by atoms with Crippen molar-refractivity contribution in [1.29, 1.82) is 0 Å². The number of carbonyl (C=O) groups excluding carboxylic acids is 1. The summed E-state index contributed by atoms with van der Waals surface area (Å²) in [6, 6.07) is 7.98. The van der Waals surface area contributed by atoms with Crippen LogP contribution in [0.5, 0.6) is 0 Å². The van der Waals surface area contributed by atoms with E-state index in [1.165, 1.54) is 0 Å². The quantitative estimate of drug-likeness (QED) is 0.865. The van der Waals surface area contributed by atoms with Crippen molar-refractivity contribution in [2.75, 3.05) is 18.0 Å². The van der Waals surface area contributed by atoms with Gasteiger partial charge in [-0.2, -0.15) is 0 Å². The fourth-order valence-corrected chi connectivity index (χ4v) is 3.21. The van der Waals surface area contributed by atoms with Crippen LogP contribution in [-0.4, -0.2) is 41.1 Å². The Hall–Kier alpha value is -2.47. The van der Waals surface area contributed by atoms with Crippen molar-refractivity contribution in [3.63, 3.8) is 0 Å². The number of pyridine rings is 2. The van der Waals surface area contributed by atoms with Gasteiger partial charge >= 0.3 is 0 Å². The summed E-state index contributed by atoms with van der Waals surface area (Å²) in [4.78, 5) is 23.1. The molecule has 136 valence electrons. The van der Waals surface area contributed by atoms with E-state index in [9.17, 15) is 4.79 Å². The van der Waals surface area contributed by atoms with E-state index in [2.05, 4.69) is 20.2 Å². The normalized spacial score (nSPS) is 20.0. The molecule has 1 aliphatic carbocycles. The molecule has 0 aromatic carbocycles. The van der Waals surface area contributed by atoms with E-state index in [1.54, 1.807) is 18.5 Å². The maximum absolute atomic E-state index is 12.3. The molecule has 0 spiro atoms. The first-order chi connectivity index (χ1) is 12.8. The van der Waals surface area contributed by atoms with Crippen molar-refractivity contribution in [2.45, 2.75) is 44.4 Å². The Morgan fingerprint density at radius 1 is 1.27 bits per heavy atom. The average Bonchev–Trinajstić information content (AvgIpc) is 3.51. The summed E-state index contributed by atoms with van der Waals surface area (Å²) in [5.41, 5.74) is 1.77. The number of nitrogens with zero attached hydrogens (tertiary/aromatic N) is 3. The number of amides is 1. The predicted octanol–water partition coefficient (Wildman–Crippen LogP) is 2.55. The highest BCUT2D eigenvalue weighted by Gasteiger charge is 2.25. The lowest BCUT2D eigenvalue weighted by molar-refractivity contribution is 0.0313. The lowest BCUT2D eigenvalue weighted by atomic mass is 10.1. The zero-order valence-electron chi connectivity index (χ0n) is 14.8. The molecular weight excluding hydrogens is 328 g/mol. The van der Waals surface area contributed by atoms with E-state index >= 15 is 0 Å². The lowest BCUT2D eigenvalue weighted by Gasteiger charge is -2.33. The van der Waals surface area contributed by atoms with E-state index in [0.717, 1.165) is 50.2 Å². The van der Waals surface area contributed by atoms with Gasteiger partial charge in [0.1, 0.15) is 5.82 Å². The third-order valence-corrected chi connectivity index (χ3v) is 4.83. The largest absolute Gasteiger partial charge is 0.372 e. The first kappa shape index (κ1) is 17.0. The van der Waals surface area contributed by atoms with Crippen LogP contribution in [0.3, 0.4) is 0 Å². The summed E-state index contributed by atoms with van der Waals surface area (Å²) >= 11 is 0. The number of nitrogens with one attached hydrogen (secondary N) is 1. The second-order valence-electron chi connectivity index (χ2n) is 7.03. The molecule has 1 saturated carbocycles. The van der Waals surface area contributed by atoms with Gasteiger partial charge in [0.25, 0.3) is 5.91 Å². The predicted molar refractivity (Wildman–Crippen MR) is 99.0 cm³/mol. The highest BCUT2D eigenvalue weighted by molar-refractivity contribution is 5.95. The molecule has 2 fully saturated rings. The van der Waals surface area contributed by atoms with Crippen LogP contribution in [0.4, 0.5) is 5.82 Å². The van der Waals surface area contributed by atoms with Gasteiger partial charge in [0.2, 0.25) is 0 Å². The number of hydrogen-bond donors (Lipinski definition) is 1. The SMILES string of the molecule is O=C(NC1CC1)c1ccnc(N2CCCC(OCc3cccnc3)C2)c1. The summed E-state index contributed by atoms with van der Waals surface area (Å²) in [5, 5.41) is 3.03. The van der Waals surface area contributed by atoms with Gasteiger partial charge in [-0.15, -0.1) is 0 Å². The second kappa shape index (κ2) is 7.83. The summed E-state index contributed by atoms with van der Waals surface area (Å²) in [7, 11) is 0. The summed E-state index contributed by atoms with van der Waals surface area (Å²) < 4.78 is 6.07. The van der Waals surface area contributed by atoms with Gasteiger partial charge in [-0.3, -0.25) is 9.78 Å². The molecule has 1 amide bonds. The van der Waals surface area contributed by atoms with Gasteiger partial charge < -0.3 is 15.0 Å². The van der Waals surface area contributed by atoms with Crippen molar-refractivity contribution in [3.8, 4) is 0 Å². The molecule has 1 aliphatic heterocycles. The highest BCUT2D eigenvalue weighted by atomic mass is 16.5. The molecule has 4 rings (SSSR count). The minimum absolute atomic E-state index is 0.00228. The molecule has 6 nitrogen and oxygen atoms in total. The minimum Gasteiger partial charge on any atom is -0.372 e. The van der Waals surface area contributed by atoms with Crippen LogP contribution in [0.2, 0.25) is 0 Å². The fourth-order valence-electron chi connectivity index (χ4n) is 3.21. The third-order valence-electron chi connectivity index (χ3n) is 4.83. The first-order valence-corrected chi connectivity index (χ1v) is 9.30. The molecule has 1 atom stereocenters. The standard InChI is InChI=1S/C20H24N4O2/c25-20(23-17-5-6-17)16-7-9-22-19(11-16)24-10-2-4-18(13-24)26-14-15-3-1-8-21-12-15/h1,3,7-9,11-12,17-18H,2,4-6,10,13-14H2,(H,23,25). The molecule has 3 heterocycles. The molecule has 2 aromatic heterocycles.